The third kappa shape index (κ3) is 1.78. The Morgan fingerprint density at radius 1 is 1.45 bits per heavy atom. The summed E-state index contributed by atoms with van der Waals surface area (Å²) in [6, 6.07) is 0. The van der Waals surface area contributed by atoms with Gasteiger partial charge in [0.15, 0.2) is 17.4 Å². The Bertz CT molecular complexity index is 697. The van der Waals surface area contributed by atoms with Gasteiger partial charge in [-0.1, -0.05) is 0 Å². The average Bonchev–Trinajstić information content (AvgIpc) is 2.93. The number of ether oxygens (including phenoxy) is 1. The number of nitrogens with zero attached hydrogens (tertiary/aromatic N) is 3. The normalized spacial score (nSPS) is 30.1. The zero-order valence-corrected chi connectivity index (χ0v) is 10.2. The van der Waals surface area contributed by atoms with E-state index in [1.165, 1.54) is 10.9 Å². The summed E-state index contributed by atoms with van der Waals surface area (Å²) >= 11 is 0. The Morgan fingerprint density at radius 3 is 2.85 bits per heavy atom. The predicted molar refractivity (Wildman–Crippen MR) is 65.6 cm³/mol. The van der Waals surface area contributed by atoms with Gasteiger partial charge in [0.2, 0.25) is 5.95 Å². The molecule has 0 aromatic carbocycles. The number of nitrogens with two attached hydrogens (primary N) is 1. The van der Waals surface area contributed by atoms with Crippen LogP contribution in [0, 0.1) is 0 Å². The standard InChI is InChI=1S/C10H13N5O5/c11-10-13-7-4(8(19)14-10)12-2-15(7)9-6(18)5(17)3(1-16)20-9/h2-3,5-6,9,16-18H,1H2,(H3,11,13,14,19)/t3?,5-,6-,9-/m1/s1. The van der Waals surface area contributed by atoms with Crippen LogP contribution in [0.2, 0.25) is 0 Å². The Morgan fingerprint density at radius 2 is 2.20 bits per heavy atom. The maximum absolute atomic E-state index is 11.7. The van der Waals surface area contributed by atoms with Crippen LogP contribution in [0.25, 0.3) is 11.2 Å². The van der Waals surface area contributed by atoms with E-state index in [2.05, 4.69) is 15.0 Å². The van der Waals surface area contributed by atoms with Gasteiger partial charge in [0.1, 0.15) is 18.3 Å². The van der Waals surface area contributed by atoms with Crippen LogP contribution >= 0.6 is 0 Å². The molecule has 1 saturated heterocycles. The van der Waals surface area contributed by atoms with Crippen molar-refractivity contribution >= 4 is 17.1 Å². The van der Waals surface area contributed by atoms with Gasteiger partial charge in [-0.05, 0) is 0 Å². The van der Waals surface area contributed by atoms with Crippen molar-refractivity contribution in [2.24, 2.45) is 0 Å². The maximum atomic E-state index is 11.7. The van der Waals surface area contributed by atoms with E-state index in [9.17, 15) is 15.0 Å². The molecule has 20 heavy (non-hydrogen) atoms. The second kappa shape index (κ2) is 4.52. The number of H-pyrrole nitrogens is 1. The summed E-state index contributed by atoms with van der Waals surface area (Å²) in [7, 11) is 0. The van der Waals surface area contributed by atoms with Crippen molar-refractivity contribution in [1.29, 1.82) is 0 Å². The van der Waals surface area contributed by atoms with Crippen LogP contribution in [-0.4, -0.2) is 59.8 Å². The first kappa shape index (κ1) is 13.0. The molecule has 0 amide bonds. The number of aromatic nitrogens is 4. The van der Waals surface area contributed by atoms with E-state index in [-0.39, 0.29) is 17.1 Å². The summed E-state index contributed by atoms with van der Waals surface area (Å²) in [5.41, 5.74) is 5.12. The first-order valence-electron chi connectivity index (χ1n) is 5.87. The number of aliphatic hydroxyl groups is 3. The number of aromatic amines is 1. The third-order valence-corrected chi connectivity index (χ3v) is 3.24. The van der Waals surface area contributed by atoms with Gasteiger partial charge in [-0.15, -0.1) is 0 Å². The highest BCUT2D eigenvalue weighted by Crippen LogP contribution is 2.30. The van der Waals surface area contributed by atoms with Crippen LogP contribution in [0.4, 0.5) is 5.95 Å². The van der Waals surface area contributed by atoms with E-state index in [1.54, 1.807) is 0 Å². The van der Waals surface area contributed by atoms with Gasteiger partial charge < -0.3 is 25.8 Å². The van der Waals surface area contributed by atoms with E-state index in [0.29, 0.717) is 0 Å². The number of hydrogen-bond acceptors (Lipinski definition) is 8. The molecule has 0 radical (unpaired) electrons. The topological polar surface area (TPSA) is 160 Å². The van der Waals surface area contributed by atoms with Gasteiger partial charge in [0.25, 0.3) is 5.56 Å². The SMILES string of the molecule is Nc1nc2c(ncn2[C@@H]2OC(CO)[C@@H](O)[C@H]2O)c(=O)[nH]1. The molecule has 1 unspecified atom stereocenters. The zero-order chi connectivity index (χ0) is 14.4. The summed E-state index contributed by atoms with van der Waals surface area (Å²) in [5, 5.41) is 28.7. The van der Waals surface area contributed by atoms with Crippen LogP contribution in [0.5, 0.6) is 0 Å². The number of rotatable bonds is 2. The third-order valence-electron chi connectivity index (χ3n) is 3.24. The predicted octanol–water partition coefficient (Wildman–Crippen LogP) is -2.69. The number of nitrogens with one attached hydrogen (secondary N) is 1. The van der Waals surface area contributed by atoms with Crippen molar-refractivity contribution in [3.63, 3.8) is 0 Å². The van der Waals surface area contributed by atoms with Crippen LogP contribution in [0.15, 0.2) is 11.1 Å². The lowest BCUT2D eigenvalue weighted by Gasteiger charge is -2.16. The summed E-state index contributed by atoms with van der Waals surface area (Å²) in [4.78, 5) is 21.8. The molecule has 0 aliphatic carbocycles. The molecule has 1 aliphatic heterocycles. The number of imidazole rings is 1. The lowest BCUT2D eigenvalue weighted by molar-refractivity contribution is -0.0511. The van der Waals surface area contributed by atoms with Crippen LogP contribution < -0.4 is 11.3 Å². The van der Waals surface area contributed by atoms with Gasteiger partial charge in [-0.3, -0.25) is 14.3 Å². The minimum atomic E-state index is -1.29. The van der Waals surface area contributed by atoms with Crippen molar-refractivity contribution in [3.8, 4) is 0 Å². The number of aliphatic hydroxyl groups excluding tert-OH is 3. The zero-order valence-electron chi connectivity index (χ0n) is 10.2. The molecule has 0 saturated carbocycles. The highest BCUT2D eigenvalue weighted by atomic mass is 16.6. The van der Waals surface area contributed by atoms with Crippen molar-refractivity contribution < 1.29 is 20.1 Å². The summed E-state index contributed by atoms with van der Waals surface area (Å²) in [5.74, 6) is -0.101. The summed E-state index contributed by atoms with van der Waals surface area (Å²) in [6.45, 7) is -0.447. The molecule has 3 heterocycles. The molecule has 108 valence electrons. The number of anilines is 1. The molecule has 2 aromatic heterocycles. The van der Waals surface area contributed by atoms with Gasteiger partial charge >= 0.3 is 0 Å². The molecular weight excluding hydrogens is 270 g/mol. The minimum Gasteiger partial charge on any atom is -0.394 e. The van der Waals surface area contributed by atoms with Gasteiger partial charge in [0.05, 0.1) is 12.9 Å². The Kier molecular flexibility index (Phi) is 2.94. The molecule has 6 N–H and O–H groups in total. The fourth-order valence-corrected chi connectivity index (χ4v) is 2.24. The molecule has 4 atom stereocenters. The number of hydrogen-bond donors (Lipinski definition) is 5. The monoisotopic (exact) mass is 283 g/mol. The molecule has 10 nitrogen and oxygen atoms in total. The molecule has 0 spiro atoms. The molecule has 10 heteroatoms. The number of nitrogen functional groups attached to an aromatic ring is 1. The molecule has 3 rings (SSSR count). The van der Waals surface area contributed by atoms with E-state index in [1.807, 2.05) is 0 Å². The van der Waals surface area contributed by atoms with Crippen LogP contribution in [0.1, 0.15) is 6.23 Å². The van der Waals surface area contributed by atoms with E-state index < -0.39 is 36.7 Å². The summed E-state index contributed by atoms with van der Waals surface area (Å²) in [6.07, 6.45) is -3.21. The van der Waals surface area contributed by atoms with Crippen molar-refractivity contribution in [2.75, 3.05) is 12.3 Å². The van der Waals surface area contributed by atoms with Gasteiger partial charge in [-0.2, -0.15) is 4.98 Å². The quantitative estimate of drug-likeness (QED) is 0.398. The first-order chi connectivity index (χ1) is 9.52. The Balaban J connectivity index is 2.09. The molecule has 2 aromatic rings. The molecule has 1 fully saturated rings. The van der Waals surface area contributed by atoms with Crippen molar-refractivity contribution in [2.45, 2.75) is 24.5 Å². The lowest BCUT2D eigenvalue weighted by Crippen LogP contribution is -2.33. The highest BCUT2D eigenvalue weighted by Gasteiger charge is 2.44. The Labute approximate surface area is 111 Å². The lowest BCUT2D eigenvalue weighted by atomic mass is 10.1. The number of fused-ring (bicyclic) bond motifs is 1. The van der Waals surface area contributed by atoms with Crippen LogP contribution in [-0.2, 0) is 4.74 Å². The smallest absolute Gasteiger partial charge is 0.280 e. The largest absolute Gasteiger partial charge is 0.394 e. The molecule has 0 bridgehead atoms. The average molecular weight is 283 g/mol. The molecule has 1 aliphatic rings. The van der Waals surface area contributed by atoms with Crippen LogP contribution in [0.3, 0.4) is 0 Å². The van der Waals surface area contributed by atoms with Gasteiger partial charge in [-0.25, -0.2) is 4.98 Å². The minimum absolute atomic E-state index is 0.0388. The van der Waals surface area contributed by atoms with Crippen molar-refractivity contribution in [1.82, 2.24) is 19.5 Å². The van der Waals surface area contributed by atoms with E-state index in [0.717, 1.165) is 0 Å². The second-order valence-corrected chi connectivity index (χ2v) is 4.50. The first-order valence-corrected chi connectivity index (χ1v) is 5.87. The maximum Gasteiger partial charge on any atom is 0.280 e. The molecular formula is C10H13N5O5. The second-order valence-electron chi connectivity index (χ2n) is 4.50. The fraction of sp³-hybridized carbons (Fsp3) is 0.500. The van der Waals surface area contributed by atoms with E-state index in [4.69, 9.17) is 15.6 Å². The van der Waals surface area contributed by atoms with Gasteiger partial charge in [0, 0.05) is 0 Å². The van der Waals surface area contributed by atoms with E-state index >= 15 is 0 Å². The Hall–Kier alpha value is -2.01. The summed E-state index contributed by atoms with van der Waals surface area (Å²) < 4.78 is 6.64. The highest BCUT2D eigenvalue weighted by molar-refractivity contribution is 5.70. The fourth-order valence-electron chi connectivity index (χ4n) is 2.24. The van der Waals surface area contributed by atoms with Crippen molar-refractivity contribution in [3.05, 3.63) is 16.7 Å².